The lowest BCUT2D eigenvalue weighted by Gasteiger charge is -2.62. The van der Waals surface area contributed by atoms with Crippen LogP contribution in [0.2, 0.25) is 0 Å². The first-order valence-electron chi connectivity index (χ1n) is 15.2. The number of nitrogens with one attached hydrogen (secondary N) is 1. The molecule has 0 radical (unpaired) electrons. The summed E-state index contributed by atoms with van der Waals surface area (Å²) in [5.41, 5.74) is 1.51. The minimum Gasteiger partial charge on any atom is -0.493 e. The van der Waals surface area contributed by atoms with Crippen LogP contribution in [0.4, 0.5) is 5.69 Å². The maximum atomic E-state index is 12.7. The Morgan fingerprint density at radius 2 is 1.79 bits per heavy atom. The van der Waals surface area contributed by atoms with Crippen LogP contribution >= 0.6 is 0 Å². The monoisotopic (exact) mass is 535 g/mol. The summed E-state index contributed by atoms with van der Waals surface area (Å²) in [7, 11) is 0. The number of aromatic amines is 1. The molecule has 10 atom stereocenters. The van der Waals surface area contributed by atoms with E-state index in [0.29, 0.717) is 47.6 Å². The van der Waals surface area contributed by atoms with Crippen LogP contribution in [0.15, 0.2) is 34.5 Å². The van der Waals surface area contributed by atoms with Gasteiger partial charge in [0.15, 0.2) is 5.69 Å². The molecule has 0 unspecified atom stereocenters. The topological polar surface area (TPSA) is 118 Å². The number of rotatable bonds is 5. The van der Waals surface area contributed by atoms with Gasteiger partial charge in [-0.3, -0.25) is 4.79 Å². The molecule has 4 aliphatic carbocycles. The normalized spacial score (nSPS) is 40.8. The highest BCUT2D eigenvalue weighted by atomic mass is 16.3. The number of H-pyrrole nitrogens is 1. The zero-order chi connectivity index (χ0) is 27.5. The Balaban J connectivity index is 1.11. The third kappa shape index (κ3) is 4.44. The molecule has 4 N–H and O–H groups in total. The molecule has 2 aromatic rings. The van der Waals surface area contributed by atoms with Crippen molar-refractivity contribution in [2.75, 3.05) is 0 Å². The van der Waals surface area contributed by atoms with Crippen LogP contribution in [0, 0.1) is 46.3 Å². The number of hydrogen-bond acceptors (Lipinski definition) is 5. The summed E-state index contributed by atoms with van der Waals surface area (Å²) in [5.74, 6) is 2.48. The van der Waals surface area contributed by atoms with Gasteiger partial charge in [-0.25, -0.2) is 0 Å². The van der Waals surface area contributed by atoms with E-state index < -0.39 is 0 Å². The molecule has 0 bridgehead atoms. The summed E-state index contributed by atoms with van der Waals surface area (Å²) < 4.78 is 0. The highest BCUT2D eigenvalue weighted by molar-refractivity contribution is 5.94. The zero-order valence-corrected chi connectivity index (χ0v) is 23.6. The maximum Gasteiger partial charge on any atom is 0.264 e. The van der Waals surface area contributed by atoms with Gasteiger partial charge in [0.25, 0.3) is 5.91 Å². The second-order valence-electron chi connectivity index (χ2n) is 13.9. The molecule has 7 heteroatoms. The fourth-order valence-electron chi connectivity index (χ4n) is 10.1. The van der Waals surface area contributed by atoms with Crippen LogP contribution in [0.3, 0.4) is 0 Å². The van der Waals surface area contributed by atoms with Crippen molar-refractivity contribution in [1.82, 2.24) is 4.98 Å². The number of aliphatic hydroxyl groups is 2. The van der Waals surface area contributed by atoms with Gasteiger partial charge in [0, 0.05) is 11.8 Å². The maximum absolute atomic E-state index is 12.7. The predicted octanol–water partition coefficient (Wildman–Crippen LogP) is 6.89. The number of para-hydroxylation sites is 1. The Bertz CT molecular complexity index is 1260. The Morgan fingerprint density at radius 3 is 2.62 bits per heavy atom. The van der Waals surface area contributed by atoms with Crippen molar-refractivity contribution in [2.24, 2.45) is 56.6 Å². The summed E-state index contributed by atoms with van der Waals surface area (Å²) in [4.78, 5) is 15.6. The van der Waals surface area contributed by atoms with E-state index in [4.69, 9.17) is 0 Å². The standard InChI is InChI=1S/C32H45N3O4/c1-18(8-11-27(38)34-35-29-21-6-4-5-7-25(21)33-30(29)39)22-9-10-23-28-24(13-15-32(22,23)3)31(2)14-12-20(36)16-19(31)17-26(28)37/h4-7,18-20,22-24,26,28,33,36-37,39H,8-17H2,1-3H3/t18-,19+,20-,22+,23-,24-,26+,28-,31-,32+/m0/s1. The van der Waals surface area contributed by atoms with Crippen LogP contribution in [-0.4, -0.2) is 38.4 Å². The summed E-state index contributed by atoms with van der Waals surface area (Å²) in [5, 5.41) is 40.8. The van der Waals surface area contributed by atoms with Crippen LogP contribution in [0.1, 0.15) is 85.0 Å². The van der Waals surface area contributed by atoms with Crippen molar-refractivity contribution in [3.05, 3.63) is 24.3 Å². The highest BCUT2D eigenvalue weighted by Crippen LogP contribution is 2.68. The van der Waals surface area contributed by atoms with E-state index in [1.807, 2.05) is 24.3 Å². The van der Waals surface area contributed by atoms with Crippen LogP contribution in [-0.2, 0) is 4.79 Å². The molecule has 1 amide bonds. The molecule has 1 aromatic heterocycles. The number of benzene rings is 1. The average Bonchev–Trinajstić information content (AvgIpc) is 3.42. The van der Waals surface area contributed by atoms with Gasteiger partial charge in [-0.2, -0.15) is 0 Å². The summed E-state index contributed by atoms with van der Waals surface area (Å²) in [6.45, 7) is 7.22. The van der Waals surface area contributed by atoms with E-state index in [1.54, 1.807) is 0 Å². The Kier molecular flexibility index (Phi) is 6.90. The molecular weight excluding hydrogens is 490 g/mol. The van der Waals surface area contributed by atoms with Crippen molar-refractivity contribution in [3.63, 3.8) is 0 Å². The van der Waals surface area contributed by atoms with Crippen LogP contribution < -0.4 is 0 Å². The first-order chi connectivity index (χ1) is 18.6. The molecule has 4 saturated carbocycles. The first kappa shape index (κ1) is 26.9. The summed E-state index contributed by atoms with van der Waals surface area (Å²) in [6.07, 6.45) is 9.03. The number of carbonyl (C=O) groups is 1. The third-order valence-electron chi connectivity index (χ3n) is 12.2. The molecule has 7 nitrogen and oxygen atoms in total. The molecule has 1 heterocycles. The first-order valence-corrected chi connectivity index (χ1v) is 15.2. The Labute approximate surface area is 231 Å². The molecule has 4 fully saturated rings. The van der Waals surface area contributed by atoms with E-state index in [1.165, 1.54) is 19.3 Å². The number of amides is 1. The molecule has 6 rings (SSSR count). The van der Waals surface area contributed by atoms with Crippen molar-refractivity contribution in [1.29, 1.82) is 0 Å². The Morgan fingerprint density at radius 1 is 1.05 bits per heavy atom. The number of hydrogen-bond donors (Lipinski definition) is 4. The minimum atomic E-state index is -0.264. The third-order valence-corrected chi connectivity index (χ3v) is 12.2. The zero-order valence-electron chi connectivity index (χ0n) is 23.6. The van der Waals surface area contributed by atoms with Crippen molar-refractivity contribution in [3.8, 4) is 5.88 Å². The smallest absolute Gasteiger partial charge is 0.264 e. The number of azo groups is 1. The molecule has 212 valence electrons. The van der Waals surface area contributed by atoms with E-state index in [-0.39, 0.29) is 34.8 Å². The van der Waals surface area contributed by atoms with E-state index in [0.717, 1.165) is 49.4 Å². The second-order valence-corrected chi connectivity index (χ2v) is 13.9. The molecule has 0 spiro atoms. The van der Waals surface area contributed by atoms with Crippen LogP contribution in [0.25, 0.3) is 10.9 Å². The van der Waals surface area contributed by atoms with E-state index >= 15 is 0 Å². The lowest BCUT2D eigenvalue weighted by atomic mass is 9.43. The Hall–Kier alpha value is -2.25. The SMILES string of the molecule is C[C@@H](CCC(=O)N=Nc1c(O)[nH]c2ccccc12)[C@H]1CC[C@H]2[C@@H]3[C@H](O)C[C@H]4C[C@@H](O)CC[C@]4(C)[C@H]3CC[C@]12C. The molecule has 4 aliphatic rings. The van der Waals surface area contributed by atoms with Gasteiger partial charge in [0.2, 0.25) is 5.88 Å². The molecule has 1 aromatic carbocycles. The summed E-state index contributed by atoms with van der Waals surface area (Å²) in [6, 6.07) is 7.44. The molecule has 0 aliphatic heterocycles. The van der Waals surface area contributed by atoms with Crippen molar-refractivity contribution >= 4 is 22.5 Å². The average molecular weight is 536 g/mol. The second kappa shape index (κ2) is 9.99. The highest BCUT2D eigenvalue weighted by Gasteiger charge is 2.62. The lowest BCUT2D eigenvalue weighted by Crippen LogP contribution is -2.58. The fourth-order valence-corrected chi connectivity index (χ4v) is 10.1. The predicted molar refractivity (Wildman–Crippen MR) is 150 cm³/mol. The quantitative estimate of drug-likeness (QED) is 0.312. The summed E-state index contributed by atoms with van der Waals surface area (Å²) >= 11 is 0. The van der Waals surface area contributed by atoms with Gasteiger partial charge in [0.1, 0.15) is 0 Å². The van der Waals surface area contributed by atoms with Gasteiger partial charge >= 0.3 is 0 Å². The molecule has 39 heavy (non-hydrogen) atoms. The number of carbonyl (C=O) groups excluding carboxylic acids is 1. The van der Waals surface area contributed by atoms with Gasteiger partial charge in [0.05, 0.1) is 17.7 Å². The van der Waals surface area contributed by atoms with Gasteiger partial charge in [-0.15, -0.1) is 10.2 Å². The molecule has 0 saturated heterocycles. The molecular formula is C32H45N3O4. The van der Waals surface area contributed by atoms with Crippen molar-refractivity contribution in [2.45, 2.75) is 97.2 Å². The minimum absolute atomic E-state index is 0.0730. The number of aromatic hydroxyl groups is 1. The number of aliphatic hydroxyl groups excluding tert-OH is 2. The van der Waals surface area contributed by atoms with Gasteiger partial charge in [-0.1, -0.05) is 39.0 Å². The van der Waals surface area contributed by atoms with Crippen LogP contribution in [0.5, 0.6) is 5.88 Å². The number of nitrogens with zero attached hydrogens (tertiary/aromatic N) is 2. The van der Waals surface area contributed by atoms with Gasteiger partial charge in [-0.05, 0) is 110 Å². The number of fused-ring (bicyclic) bond motifs is 6. The fraction of sp³-hybridized carbons (Fsp3) is 0.719. The van der Waals surface area contributed by atoms with E-state index in [2.05, 4.69) is 36.0 Å². The number of aromatic nitrogens is 1. The van der Waals surface area contributed by atoms with Gasteiger partial charge < -0.3 is 20.3 Å². The van der Waals surface area contributed by atoms with E-state index in [9.17, 15) is 20.1 Å². The largest absolute Gasteiger partial charge is 0.493 e. The van der Waals surface area contributed by atoms with Crippen molar-refractivity contribution < 1.29 is 20.1 Å². The lowest BCUT2D eigenvalue weighted by molar-refractivity contribution is -0.174.